The highest BCUT2D eigenvalue weighted by molar-refractivity contribution is 14.1. The smallest absolute Gasteiger partial charge is 0.335 e. The van der Waals surface area contributed by atoms with Gasteiger partial charge in [0.05, 0.1) is 5.56 Å². The molecule has 0 radical (unpaired) electrons. The van der Waals surface area contributed by atoms with E-state index in [4.69, 9.17) is 5.11 Å². The Bertz CT molecular complexity index is 521. The second-order valence-corrected chi connectivity index (χ2v) is 4.53. The van der Waals surface area contributed by atoms with E-state index in [1.807, 2.05) is 36.4 Å². The number of hydrogen-bond donors (Lipinski definition) is 1. The van der Waals surface area contributed by atoms with E-state index >= 15 is 0 Å². The maximum Gasteiger partial charge on any atom is 0.335 e. The minimum atomic E-state index is -0.895. The van der Waals surface area contributed by atoms with Crippen molar-refractivity contribution >= 4 is 28.6 Å². The Hall–Kier alpha value is -1.36. The van der Waals surface area contributed by atoms with Crippen LogP contribution in [0, 0.1) is 3.57 Å². The third-order valence-corrected chi connectivity index (χ3v) is 3.24. The SMILES string of the molecule is O=C(O)c1ccc(I)c(-c2ccccc2)c1. The van der Waals surface area contributed by atoms with Gasteiger partial charge in [-0.3, -0.25) is 0 Å². The van der Waals surface area contributed by atoms with Gasteiger partial charge in [0.25, 0.3) is 0 Å². The van der Waals surface area contributed by atoms with Crippen molar-refractivity contribution in [1.29, 1.82) is 0 Å². The average Bonchev–Trinajstić information content (AvgIpc) is 2.30. The van der Waals surface area contributed by atoms with Crippen molar-refractivity contribution in [2.75, 3.05) is 0 Å². The van der Waals surface area contributed by atoms with Gasteiger partial charge in [-0.2, -0.15) is 0 Å². The third kappa shape index (κ3) is 2.24. The van der Waals surface area contributed by atoms with Crippen LogP contribution < -0.4 is 0 Å². The van der Waals surface area contributed by atoms with E-state index < -0.39 is 5.97 Å². The zero-order chi connectivity index (χ0) is 11.5. The van der Waals surface area contributed by atoms with Gasteiger partial charge in [-0.1, -0.05) is 30.3 Å². The molecule has 0 aliphatic carbocycles. The largest absolute Gasteiger partial charge is 0.478 e. The van der Waals surface area contributed by atoms with Crippen molar-refractivity contribution in [2.45, 2.75) is 0 Å². The normalized spacial score (nSPS) is 10.1. The molecule has 16 heavy (non-hydrogen) atoms. The van der Waals surface area contributed by atoms with Crippen LogP contribution in [-0.4, -0.2) is 11.1 Å². The molecule has 2 rings (SSSR count). The first-order valence-corrected chi connectivity index (χ1v) is 5.84. The van der Waals surface area contributed by atoms with E-state index in [2.05, 4.69) is 22.6 Å². The van der Waals surface area contributed by atoms with Crippen LogP contribution in [0.2, 0.25) is 0 Å². The lowest BCUT2D eigenvalue weighted by molar-refractivity contribution is 0.0697. The fourth-order valence-electron chi connectivity index (χ4n) is 1.50. The minimum absolute atomic E-state index is 0.319. The Morgan fingerprint density at radius 3 is 2.38 bits per heavy atom. The molecule has 2 aromatic rings. The van der Waals surface area contributed by atoms with E-state index in [0.717, 1.165) is 14.7 Å². The molecular weight excluding hydrogens is 315 g/mol. The first-order chi connectivity index (χ1) is 7.68. The highest BCUT2D eigenvalue weighted by atomic mass is 127. The molecule has 0 heterocycles. The first kappa shape index (κ1) is 11.1. The number of carboxylic acid groups (broad SMARTS) is 1. The van der Waals surface area contributed by atoms with Gasteiger partial charge in [-0.05, 0) is 51.9 Å². The van der Waals surface area contributed by atoms with Gasteiger partial charge < -0.3 is 5.11 Å². The Morgan fingerprint density at radius 1 is 1.06 bits per heavy atom. The van der Waals surface area contributed by atoms with Crippen LogP contribution in [0.4, 0.5) is 0 Å². The van der Waals surface area contributed by atoms with Crippen LogP contribution in [0.3, 0.4) is 0 Å². The fourth-order valence-corrected chi connectivity index (χ4v) is 2.14. The molecule has 0 fully saturated rings. The summed E-state index contributed by atoms with van der Waals surface area (Å²) in [7, 11) is 0. The summed E-state index contributed by atoms with van der Waals surface area (Å²) >= 11 is 2.21. The Balaban J connectivity index is 2.56. The molecule has 0 atom stereocenters. The molecule has 0 unspecified atom stereocenters. The topological polar surface area (TPSA) is 37.3 Å². The molecule has 2 nitrogen and oxygen atoms in total. The first-order valence-electron chi connectivity index (χ1n) is 4.77. The molecule has 0 bridgehead atoms. The second-order valence-electron chi connectivity index (χ2n) is 3.37. The molecule has 0 aliphatic heterocycles. The summed E-state index contributed by atoms with van der Waals surface area (Å²) in [6.45, 7) is 0. The lowest BCUT2D eigenvalue weighted by Crippen LogP contribution is -1.97. The van der Waals surface area contributed by atoms with Gasteiger partial charge in [-0.15, -0.1) is 0 Å². The van der Waals surface area contributed by atoms with Crippen LogP contribution >= 0.6 is 22.6 Å². The van der Waals surface area contributed by atoms with Crippen LogP contribution in [-0.2, 0) is 0 Å². The average molecular weight is 324 g/mol. The summed E-state index contributed by atoms with van der Waals surface area (Å²) < 4.78 is 1.05. The lowest BCUT2D eigenvalue weighted by Gasteiger charge is -2.05. The van der Waals surface area contributed by atoms with E-state index in [1.165, 1.54) is 0 Å². The molecule has 0 saturated carbocycles. The fraction of sp³-hybridized carbons (Fsp3) is 0. The Kier molecular flexibility index (Phi) is 3.24. The quantitative estimate of drug-likeness (QED) is 0.856. The lowest BCUT2D eigenvalue weighted by atomic mass is 10.0. The van der Waals surface area contributed by atoms with Crippen molar-refractivity contribution in [3.05, 3.63) is 57.7 Å². The van der Waals surface area contributed by atoms with Crippen LogP contribution in [0.25, 0.3) is 11.1 Å². The summed E-state index contributed by atoms with van der Waals surface area (Å²) in [5, 5.41) is 8.94. The molecule has 3 heteroatoms. The number of carboxylic acids is 1. The monoisotopic (exact) mass is 324 g/mol. The number of carbonyl (C=O) groups is 1. The number of halogens is 1. The van der Waals surface area contributed by atoms with Crippen LogP contribution in [0.1, 0.15) is 10.4 Å². The van der Waals surface area contributed by atoms with E-state index in [0.29, 0.717) is 5.56 Å². The maximum absolute atomic E-state index is 10.9. The van der Waals surface area contributed by atoms with E-state index in [-0.39, 0.29) is 0 Å². The zero-order valence-electron chi connectivity index (χ0n) is 8.35. The maximum atomic E-state index is 10.9. The summed E-state index contributed by atoms with van der Waals surface area (Å²) in [4.78, 5) is 10.9. The molecular formula is C13H9IO2. The van der Waals surface area contributed by atoms with Crippen molar-refractivity contribution in [3.63, 3.8) is 0 Å². The molecule has 80 valence electrons. The van der Waals surface area contributed by atoms with Crippen molar-refractivity contribution in [3.8, 4) is 11.1 Å². The van der Waals surface area contributed by atoms with Crippen LogP contribution in [0.15, 0.2) is 48.5 Å². The molecule has 0 spiro atoms. The van der Waals surface area contributed by atoms with Crippen LogP contribution in [0.5, 0.6) is 0 Å². The Morgan fingerprint density at radius 2 is 1.75 bits per heavy atom. The predicted octanol–water partition coefficient (Wildman–Crippen LogP) is 3.66. The van der Waals surface area contributed by atoms with Crippen molar-refractivity contribution < 1.29 is 9.90 Å². The zero-order valence-corrected chi connectivity index (χ0v) is 10.5. The molecule has 0 amide bonds. The third-order valence-electron chi connectivity index (χ3n) is 2.30. The highest BCUT2D eigenvalue weighted by Gasteiger charge is 2.07. The number of rotatable bonds is 2. The summed E-state index contributed by atoms with van der Waals surface area (Å²) in [6, 6.07) is 14.9. The Labute approximate surface area is 107 Å². The van der Waals surface area contributed by atoms with E-state index in [9.17, 15) is 4.79 Å². The minimum Gasteiger partial charge on any atom is -0.478 e. The second kappa shape index (κ2) is 4.65. The number of benzene rings is 2. The predicted molar refractivity (Wildman–Crippen MR) is 71.6 cm³/mol. The van der Waals surface area contributed by atoms with Gasteiger partial charge in [0.1, 0.15) is 0 Å². The highest BCUT2D eigenvalue weighted by Crippen LogP contribution is 2.26. The standard InChI is InChI=1S/C13H9IO2/c14-12-7-6-10(13(15)16)8-11(12)9-4-2-1-3-5-9/h1-8H,(H,15,16). The summed E-state index contributed by atoms with van der Waals surface area (Å²) in [6.07, 6.45) is 0. The number of hydrogen-bond acceptors (Lipinski definition) is 1. The molecule has 0 aromatic heterocycles. The summed E-state index contributed by atoms with van der Waals surface area (Å²) in [5.41, 5.74) is 2.32. The van der Waals surface area contributed by atoms with Crippen molar-refractivity contribution in [2.24, 2.45) is 0 Å². The molecule has 1 N–H and O–H groups in total. The molecule has 0 aliphatic rings. The molecule has 0 saturated heterocycles. The van der Waals surface area contributed by atoms with Gasteiger partial charge in [0, 0.05) is 3.57 Å². The van der Waals surface area contributed by atoms with Gasteiger partial charge in [0.15, 0.2) is 0 Å². The van der Waals surface area contributed by atoms with Gasteiger partial charge >= 0.3 is 5.97 Å². The summed E-state index contributed by atoms with van der Waals surface area (Å²) in [5.74, 6) is -0.895. The van der Waals surface area contributed by atoms with Crippen molar-refractivity contribution in [1.82, 2.24) is 0 Å². The van der Waals surface area contributed by atoms with Gasteiger partial charge in [0.2, 0.25) is 0 Å². The molecule has 2 aromatic carbocycles. The number of aromatic carboxylic acids is 1. The van der Waals surface area contributed by atoms with E-state index in [1.54, 1.807) is 12.1 Å². The van der Waals surface area contributed by atoms with Gasteiger partial charge in [-0.25, -0.2) is 4.79 Å².